The number of hydrogen-bond acceptors (Lipinski definition) is 3. The van der Waals surface area contributed by atoms with E-state index < -0.39 is 0 Å². The monoisotopic (exact) mass is 474 g/mol. The Labute approximate surface area is 174 Å². The molecule has 1 amide bonds. The first-order valence-electron chi connectivity index (χ1n) is 8.67. The highest BCUT2D eigenvalue weighted by Gasteiger charge is 2.04. The third-order valence-corrected chi connectivity index (χ3v) is 3.37. The van der Waals surface area contributed by atoms with Crippen molar-refractivity contribution in [1.82, 2.24) is 10.2 Å². The summed E-state index contributed by atoms with van der Waals surface area (Å²) in [6.45, 7) is 10.1. The molecule has 0 aliphatic heterocycles. The second-order valence-corrected chi connectivity index (χ2v) is 5.65. The van der Waals surface area contributed by atoms with Crippen LogP contribution in [0.25, 0.3) is 0 Å². The molecular weight excluding hydrogens is 443 g/mol. The van der Waals surface area contributed by atoms with Gasteiger partial charge in [-0.2, -0.15) is 0 Å². The van der Waals surface area contributed by atoms with E-state index in [1.807, 2.05) is 31.3 Å². The molecule has 2 N–H and O–H groups in total. The molecule has 0 heterocycles. The fourth-order valence-electron chi connectivity index (χ4n) is 2.23. The summed E-state index contributed by atoms with van der Waals surface area (Å²) in [4.78, 5) is 17.8. The fourth-order valence-corrected chi connectivity index (χ4v) is 2.23. The topological polar surface area (TPSA) is 66.0 Å². The Morgan fingerprint density at radius 3 is 2.85 bits per heavy atom. The molecule has 0 unspecified atom stereocenters. The van der Waals surface area contributed by atoms with Gasteiger partial charge in [0.15, 0.2) is 5.96 Å². The number of carbonyl (C=O) groups excluding carboxylic acids is 1. The van der Waals surface area contributed by atoms with Gasteiger partial charge in [-0.25, -0.2) is 4.99 Å². The number of guanidine groups is 1. The van der Waals surface area contributed by atoms with Gasteiger partial charge in [-0.1, -0.05) is 12.1 Å². The van der Waals surface area contributed by atoms with Crippen LogP contribution < -0.4 is 15.4 Å². The first-order valence-corrected chi connectivity index (χ1v) is 8.67. The van der Waals surface area contributed by atoms with Crippen molar-refractivity contribution in [3.05, 3.63) is 36.9 Å². The van der Waals surface area contributed by atoms with E-state index in [-0.39, 0.29) is 29.9 Å². The number of carbonyl (C=O) groups is 1. The number of hydrogen-bond donors (Lipinski definition) is 2. The van der Waals surface area contributed by atoms with Crippen LogP contribution in [-0.2, 0) is 4.79 Å². The fraction of sp³-hybridized carbons (Fsp3) is 0.474. The third kappa shape index (κ3) is 10.3. The van der Waals surface area contributed by atoms with Gasteiger partial charge >= 0.3 is 0 Å². The number of unbranched alkanes of at least 4 members (excludes halogenated alkanes) is 1. The van der Waals surface area contributed by atoms with Crippen molar-refractivity contribution in [3.63, 3.8) is 0 Å². The summed E-state index contributed by atoms with van der Waals surface area (Å²) in [6, 6.07) is 7.34. The smallest absolute Gasteiger partial charge is 0.221 e. The van der Waals surface area contributed by atoms with Crippen molar-refractivity contribution >= 4 is 41.5 Å². The number of ether oxygens (including phenoxy) is 1. The number of rotatable bonds is 10. The Balaban J connectivity index is 0.00000625. The minimum atomic E-state index is -0.100. The van der Waals surface area contributed by atoms with Crippen LogP contribution in [0, 0.1) is 0 Å². The summed E-state index contributed by atoms with van der Waals surface area (Å²) in [7, 11) is 2.03. The van der Waals surface area contributed by atoms with Gasteiger partial charge in [-0.05, 0) is 31.9 Å². The van der Waals surface area contributed by atoms with Crippen molar-refractivity contribution in [3.8, 4) is 5.75 Å². The second-order valence-electron chi connectivity index (χ2n) is 5.65. The molecule has 0 saturated heterocycles. The molecule has 0 radical (unpaired) electrons. The van der Waals surface area contributed by atoms with Gasteiger partial charge in [-0.3, -0.25) is 4.79 Å². The van der Waals surface area contributed by atoms with Gasteiger partial charge in [0.05, 0.1) is 6.54 Å². The molecule has 0 aromatic heterocycles. The van der Waals surface area contributed by atoms with Crippen LogP contribution in [0.2, 0.25) is 0 Å². The van der Waals surface area contributed by atoms with E-state index >= 15 is 0 Å². The highest BCUT2D eigenvalue weighted by molar-refractivity contribution is 14.0. The maximum absolute atomic E-state index is 11.1. The van der Waals surface area contributed by atoms with Crippen molar-refractivity contribution in [2.75, 3.05) is 38.6 Å². The van der Waals surface area contributed by atoms with Gasteiger partial charge in [0.2, 0.25) is 5.91 Å². The van der Waals surface area contributed by atoms with Crippen LogP contribution in [0.3, 0.4) is 0 Å². The van der Waals surface area contributed by atoms with Gasteiger partial charge in [0.1, 0.15) is 12.4 Å². The number of halogens is 1. The lowest BCUT2D eigenvalue weighted by atomic mass is 10.3. The van der Waals surface area contributed by atoms with E-state index in [1.54, 1.807) is 6.07 Å². The Bertz CT molecular complexity index is 578. The first kappa shape index (κ1) is 24.2. The predicted molar refractivity (Wildman–Crippen MR) is 120 cm³/mol. The summed E-state index contributed by atoms with van der Waals surface area (Å²) in [5.74, 6) is 1.49. The number of anilines is 1. The largest absolute Gasteiger partial charge is 0.492 e. The summed E-state index contributed by atoms with van der Waals surface area (Å²) in [5, 5.41) is 6.03. The molecule has 1 aromatic carbocycles. The SMILES string of the molecule is C=CCCCN(C)C(=NCCOc1cccc(NC(C)=O)c1)NCC.I. The second kappa shape index (κ2) is 14.4. The Morgan fingerprint density at radius 1 is 1.42 bits per heavy atom. The zero-order valence-corrected chi connectivity index (χ0v) is 18.3. The van der Waals surface area contributed by atoms with Crippen LogP contribution in [0.4, 0.5) is 5.69 Å². The standard InChI is InChI=1S/C19H30N4O2.HI/c1-5-7-8-13-23(4)19(20-6-2)21-12-14-25-18-11-9-10-17(15-18)22-16(3)24;/h5,9-11,15H,1,6-8,12-14H2,2-4H3,(H,20,21)(H,22,24);1H. The van der Waals surface area contributed by atoms with E-state index in [0.717, 1.165) is 37.6 Å². The predicted octanol–water partition coefficient (Wildman–Crippen LogP) is 3.51. The molecule has 146 valence electrons. The normalized spacial score (nSPS) is 10.5. The quantitative estimate of drug-likeness (QED) is 0.179. The zero-order chi connectivity index (χ0) is 18.5. The summed E-state index contributed by atoms with van der Waals surface area (Å²) in [6.07, 6.45) is 3.98. The molecular formula is C19H31IN4O2. The van der Waals surface area contributed by atoms with Gasteiger partial charge < -0.3 is 20.3 Å². The lowest BCUT2D eigenvalue weighted by Gasteiger charge is -2.21. The Morgan fingerprint density at radius 2 is 2.19 bits per heavy atom. The summed E-state index contributed by atoms with van der Waals surface area (Å²) in [5.41, 5.74) is 0.726. The van der Waals surface area contributed by atoms with Crippen molar-refractivity contribution in [2.24, 2.45) is 4.99 Å². The molecule has 0 bridgehead atoms. The molecule has 0 aliphatic carbocycles. The minimum Gasteiger partial charge on any atom is -0.492 e. The molecule has 1 aromatic rings. The number of nitrogens with one attached hydrogen (secondary N) is 2. The Hall–Kier alpha value is -1.77. The number of amides is 1. The molecule has 0 atom stereocenters. The van der Waals surface area contributed by atoms with Gasteiger partial charge in [-0.15, -0.1) is 30.6 Å². The number of nitrogens with zero attached hydrogens (tertiary/aromatic N) is 2. The number of allylic oxidation sites excluding steroid dienone is 1. The molecule has 7 heteroatoms. The Kier molecular flexibility index (Phi) is 13.4. The van der Waals surface area contributed by atoms with E-state index in [0.29, 0.717) is 18.9 Å². The van der Waals surface area contributed by atoms with E-state index in [1.165, 1.54) is 6.92 Å². The van der Waals surface area contributed by atoms with Crippen LogP contribution in [0.5, 0.6) is 5.75 Å². The van der Waals surface area contributed by atoms with Crippen molar-refractivity contribution in [1.29, 1.82) is 0 Å². The molecule has 0 aliphatic rings. The van der Waals surface area contributed by atoms with Crippen molar-refractivity contribution in [2.45, 2.75) is 26.7 Å². The molecule has 1 rings (SSSR count). The van der Waals surface area contributed by atoms with E-state index in [4.69, 9.17) is 4.74 Å². The highest BCUT2D eigenvalue weighted by Crippen LogP contribution is 2.17. The molecule has 0 fully saturated rings. The first-order chi connectivity index (χ1) is 12.1. The van der Waals surface area contributed by atoms with Crippen molar-refractivity contribution < 1.29 is 9.53 Å². The lowest BCUT2D eigenvalue weighted by molar-refractivity contribution is -0.114. The highest BCUT2D eigenvalue weighted by atomic mass is 127. The third-order valence-electron chi connectivity index (χ3n) is 3.37. The summed E-state index contributed by atoms with van der Waals surface area (Å²) >= 11 is 0. The lowest BCUT2D eigenvalue weighted by Crippen LogP contribution is -2.39. The molecule has 0 spiro atoms. The average molecular weight is 474 g/mol. The molecule has 6 nitrogen and oxygen atoms in total. The molecule has 0 saturated carbocycles. The number of aliphatic imine (C=N–C) groups is 1. The molecule has 26 heavy (non-hydrogen) atoms. The average Bonchev–Trinajstić information content (AvgIpc) is 2.57. The summed E-state index contributed by atoms with van der Waals surface area (Å²) < 4.78 is 5.72. The zero-order valence-electron chi connectivity index (χ0n) is 16.0. The minimum absolute atomic E-state index is 0. The van der Waals surface area contributed by atoms with Crippen LogP contribution in [-0.4, -0.2) is 50.1 Å². The van der Waals surface area contributed by atoms with E-state index in [9.17, 15) is 4.79 Å². The van der Waals surface area contributed by atoms with Crippen LogP contribution >= 0.6 is 24.0 Å². The van der Waals surface area contributed by atoms with Crippen LogP contribution in [0.1, 0.15) is 26.7 Å². The maximum atomic E-state index is 11.1. The van der Waals surface area contributed by atoms with E-state index in [2.05, 4.69) is 34.0 Å². The van der Waals surface area contributed by atoms with Gasteiger partial charge in [0.25, 0.3) is 0 Å². The number of benzene rings is 1. The maximum Gasteiger partial charge on any atom is 0.221 e. The van der Waals surface area contributed by atoms with Gasteiger partial charge in [0, 0.05) is 38.8 Å². The van der Waals surface area contributed by atoms with Crippen LogP contribution in [0.15, 0.2) is 41.9 Å².